The molecule has 2 amide bonds. The number of carbonyl (C=O) groups excluding carboxylic acids is 2. The lowest BCUT2D eigenvalue weighted by Gasteiger charge is -2.24. The summed E-state index contributed by atoms with van der Waals surface area (Å²) in [7, 11) is 4.30. The second-order valence-corrected chi connectivity index (χ2v) is 7.42. The molecule has 10 heteroatoms. The van der Waals surface area contributed by atoms with Gasteiger partial charge in [0.15, 0.2) is 11.5 Å². The van der Waals surface area contributed by atoms with Gasteiger partial charge < -0.3 is 19.3 Å². The molecule has 2 aliphatic rings. The Morgan fingerprint density at radius 1 is 0.938 bits per heavy atom. The number of carbonyl (C=O) groups is 3. The second kappa shape index (κ2) is 8.12. The van der Waals surface area contributed by atoms with Crippen molar-refractivity contribution in [2.75, 3.05) is 26.2 Å². The van der Waals surface area contributed by atoms with Gasteiger partial charge in [-0.2, -0.15) is 0 Å². The largest absolute Gasteiger partial charge is 0.493 e. The molecule has 2 aromatic rings. The zero-order valence-corrected chi connectivity index (χ0v) is 17.5. The topological polar surface area (TPSA) is 114 Å². The van der Waals surface area contributed by atoms with E-state index in [2.05, 4.69) is 5.32 Å². The van der Waals surface area contributed by atoms with Crippen LogP contribution in [0.3, 0.4) is 0 Å². The van der Waals surface area contributed by atoms with Gasteiger partial charge in [0, 0.05) is 11.6 Å². The van der Waals surface area contributed by atoms with Gasteiger partial charge in [0.25, 0.3) is 0 Å². The van der Waals surface area contributed by atoms with Gasteiger partial charge in [-0.15, -0.1) is 0 Å². The van der Waals surface area contributed by atoms with Crippen molar-refractivity contribution in [2.24, 2.45) is 11.8 Å². The van der Waals surface area contributed by atoms with Gasteiger partial charge in [-0.05, 0) is 36.4 Å². The highest BCUT2D eigenvalue weighted by Crippen LogP contribution is 2.50. The minimum Gasteiger partial charge on any atom is -0.493 e. The van der Waals surface area contributed by atoms with Crippen LogP contribution in [0.15, 0.2) is 36.4 Å². The molecular weight excluding hydrogens is 423 g/mol. The molecule has 9 nitrogen and oxygen atoms in total. The predicted octanol–water partition coefficient (Wildman–Crippen LogP) is 1.75. The molecule has 2 heterocycles. The second-order valence-electron chi connectivity index (χ2n) is 7.42. The molecule has 0 spiro atoms. The first kappa shape index (κ1) is 21.6. The number of benzene rings is 2. The van der Waals surface area contributed by atoms with E-state index < -0.39 is 47.5 Å². The van der Waals surface area contributed by atoms with Crippen LogP contribution >= 0.6 is 0 Å². The average molecular weight is 444 g/mol. The number of carboxylic acid groups (broad SMARTS) is 1. The summed E-state index contributed by atoms with van der Waals surface area (Å²) in [5, 5.41) is 12.7. The molecule has 2 aromatic carbocycles. The molecule has 4 rings (SSSR count). The molecule has 0 aliphatic carbocycles. The highest BCUT2D eigenvalue weighted by molar-refractivity contribution is 6.23. The number of hydrogen-bond donors (Lipinski definition) is 2. The number of hydrogen-bond acceptors (Lipinski definition) is 7. The molecule has 2 fully saturated rings. The Labute approximate surface area is 182 Å². The fourth-order valence-corrected chi connectivity index (χ4v) is 4.54. The van der Waals surface area contributed by atoms with E-state index in [1.54, 1.807) is 12.1 Å². The van der Waals surface area contributed by atoms with Gasteiger partial charge in [-0.25, -0.2) is 9.29 Å². The molecule has 2 saturated heterocycles. The normalized spacial score (nSPS) is 24.4. The molecule has 4 atom stereocenters. The van der Waals surface area contributed by atoms with E-state index in [9.17, 15) is 23.9 Å². The van der Waals surface area contributed by atoms with E-state index in [4.69, 9.17) is 14.2 Å². The Kier molecular flexibility index (Phi) is 5.47. The summed E-state index contributed by atoms with van der Waals surface area (Å²) in [6.45, 7) is 0. The molecule has 2 N–H and O–H groups in total. The molecule has 168 valence electrons. The minimum atomic E-state index is -1.30. The van der Waals surface area contributed by atoms with Crippen LogP contribution in [0.25, 0.3) is 0 Å². The fourth-order valence-electron chi connectivity index (χ4n) is 4.54. The van der Waals surface area contributed by atoms with Gasteiger partial charge >= 0.3 is 5.97 Å². The summed E-state index contributed by atoms with van der Waals surface area (Å²) in [5.74, 6) is -4.26. The molecule has 2 aliphatic heterocycles. The summed E-state index contributed by atoms with van der Waals surface area (Å²) in [4.78, 5) is 39.5. The quantitative estimate of drug-likeness (QED) is 0.648. The zero-order chi connectivity index (χ0) is 23.2. The van der Waals surface area contributed by atoms with Crippen LogP contribution in [-0.2, 0) is 14.4 Å². The average Bonchev–Trinajstić information content (AvgIpc) is 3.30. The summed E-state index contributed by atoms with van der Waals surface area (Å²) >= 11 is 0. The number of nitrogens with zero attached hydrogens (tertiary/aromatic N) is 1. The van der Waals surface area contributed by atoms with E-state index in [0.717, 1.165) is 17.0 Å². The number of aliphatic carboxylic acids is 1. The van der Waals surface area contributed by atoms with Crippen LogP contribution in [0.4, 0.5) is 10.1 Å². The number of halogens is 1. The first-order valence-corrected chi connectivity index (χ1v) is 9.75. The lowest BCUT2D eigenvalue weighted by molar-refractivity contribution is -0.142. The van der Waals surface area contributed by atoms with Crippen LogP contribution in [0, 0.1) is 17.7 Å². The van der Waals surface area contributed by atoms with Crippen molar-refractivity contribution in [1.82, 2.24) is 5.32 Å². The first-order chi connectivity index (χ1) is 15.3. The maximum Gasteiger partial charge on any atom is 0.321 e. The first-order valence-electron chi connectivity index (χ1n) is 9.75. The number of fused-ring (bicyclic) bond motifs is 1. The van der Waals surface area contributed by atoms with E-state index in [0.29, 0.717) is 11.3 Å². The highest BCUT2D eigenvalue weighted by Gasteiger charge is 2.61. The number of imide groups is 1. The molecule has 32 heavy (non-hydrogen) atoms. The minimum absolute atomic E-state index is 0.179. The van der Waals surface area contributed by atoms with Crippen LogP contribution in [-0.4, -0.2) is 50.3 Å². The van der Waals surface area contributed by atoms with Crippen molar-refractivity contribution >= 4 is 23.5 Å². The van der Waals surface area contributed by atoms with Crippen LogP contribution < -0.4 is 24.4 Å². The van der Waals surface area contributed by atoms with Gasteiger partial charge in [-0.1, -0.05) is 0 Å². The smallest absolute Gasteiger partial charge is 0.321 e. The Bertz CT molecular complexity index is 1090. The van der Waals surface area contributed by atoms with Crippen LogP contribution in [0.2, 0.25) is 0 Å². The van der Waals surface area contributed by atoms with Crippen LogP contribution in [0.5, 0.6) is 17.2 Å². The van der Waals surface area contributed by atoms with Crippen molar-refractivity contribution in [1.29, 1.82) is 0 Å². The van der Waals surface area contributed by atoms with E-state index in [-0.39, 0.29) is 17.2 Å². The molecule has 0 radical (unpaired) electrons. The molecule has 0 saturated carbocycles. The van der Waals surface area contributed by atoms with Gasteiger partial charge in [0.05, 0.1) is 38.9 Å². The van der Waals surface area contributed by atoms with Crippen molar-refractivity contribution in [2.45, 2.75) is 12.1 Å². The summed E-state index contributed by atoms with van der Waals surface area (Å²) < 4.78 is 29.6. The van der Waals surface area contributed by atoms with Gasteiger partial charge in [-0.3, -0.25) is 19.7 Å². The maximum absolute atomic E-state index is 13.4. The third-order valence-corrected chi connectivity index (χ3v) is 5.90. The zero-order valence-electron chi connectivity index (χ0n) is 17.5. The fraction of sp³-hybridized carbons (Fsp3) is 0.318. The Balaban J connectivity index is 1.82. The number of amides is 2. The van der Waals surface area contributed by atoms with Crippen molar-refractivity contribution in [3.05, 3.63) is 47.8 Å². The van der Waals surface area contributed by atoms with E-state index >= 15 is 0 Å². The van der Waals surface area contributed by atoms with Crippen molar-refractivity contribution in [3.8, 4) is 17.2 Å². The van der Waals surface area contributed by atoms with E-state index in [1.807, 2.05) is 0 Å². The summed E-state index contributed by atoms with van der Waals surface area (Å²) in [6.07, 6.45) is 0. The monoisotopic (exact) mass is 444 g/mol. The lowest BCUT2D eigenvalue weighted by atomic mass is 9.86. The molecular formula is C22H21FN2O7. The number of rotatable bonds is 6. The third-order valence-electron chi connectivity index (χ3n) is 5.90. The Morgan fingerprint density at radius 2 is 1.56 bits per heavy atom. The maximum atomic E-state index is 13.4. The third kappa shape index (κ3) is 3.14. The van der Waals surface area contributed by atoms with Gasteiger partial charge in [0.1, 0.15) is 11.9 Å². The number of carboxylic acids is 1. The standard InChI is InChI=1S/C22H21FN2O7/c1-30-13-9-8-12(18(31-2)19(13)32-3)16-14-15(17(24-16)22(28)29)21(27)25(20(14)26)11-6-4-10(23)5-7-11/h4-9,14-17,24H,1-3H3,(H,28,29)/t14-,15+,16+,17+/m1/s1. The lowest BCUT2D eigenvalue weighted by Crippen LogP contribution is -2.43. The van der Waals surface area contributed by atoms with Gasteiger partial charge in [0.2, 0.25) is 17.6 Å². The summed E-state index contributed by atoms with van der Waals surface area (Å²) in [6, 6.07) is 5.97. The van der Waals surface area contributed by atoms with Crippen molar-refractivity contribution in [3.63, 3.8) is 0 Å². The Morgan fingerprint density at radius 3 is 2.12 bits per heavy atom. The number of anilines is 1. The number of methoxy groups -OCH3 is 3. The number of ether oxygens (including phenoxy) is 3. The molecule has 0 unspecified atom stereocenters. The summed E-state index contributed by atoms with van der Waals surface area (Å²) in [5.41, 5.74) is 0.629. The Hall–Kier alpha value is -3.66. The number of nitrogens with one attached hydrogen (secondary N) is 1. The molecule has 0 bridgehead atoms. The van der Waals surface area contributed by atoms with Crippen LogP contribution in [0.1, 0.15) is 11.6 Å². The predicted molar refractivity (Wildman–Crippen MR) is 109 cm³/mol. The highest BCUT2D eigenvalue weighted by atomic mass is 19.1. The van der Waals surface area contributed by atoms with Crippen molar-refractivity contribution < 1.29 is 38.1 Å². The van der Waals surface area contributed by atoms with E-state index in [1.165, 1.54) is 33.5 Å². The SMILES string of the molecule is COc1ccc([C@@H]2N[C@H](C(=O)O)[C@H]3C(=O)N(c4ccc(F)cc4)C(=O)[C@H]32)c(OC)c1OC. The molecule has 0 aromatic heterocycles.